The molecule has 4 nitrogen and oxygen atoms in total. The SMILES string of the molecule is CC.COc1cncc(=O)[nH]1. The summed E-state index contributed by atoms with van der Waals surface area (Å²) in [4.78, 5) is 16.5. The van der Waals surface area contributed by atoms with Crippen molar-refractivity contribution in [2.24, 2.45) is 0 Å². The number of methoxy groups -OCH3 is 1. The molecule has 4 heteroatoms. The fourth-order valence-corrected chi connectivity index (χ4v) is 0.462. The number of hydrogen-bond acceptors (Lipinski definition) is 3. The Morgan fingerprint density at radius 2 is 2.09 bits per heavy atom. The van der Waals surface area contributed by atoms with Crippen LogP contribution >= 0.6 is 0 Å². The minimum absolute atomic E-state index is 0.255. The van der Waals surface area contributed by atoms with Gasteiger partial charge >= 0.3 is 0 Å². The molecule has 0 radical (unpaired) electrons. The summed E-state index contributed by atoms with van der Waals surface area (Å²) in [6.07, 6.45) is 2.62. The van der Waals surface area contributed by atoms with Gasteiger partial charge in [0.2, 0.25) is 5.88 Å². The first-order valence-electron chi connectivity index (χ1n) is 3.41. The molecule has 0 spiro atoms. The van der Waals surface area contributed by atoms with E-state index in [2.05, 4.69) is 14.7 Å². The number of aromatic nitrogens is 2. The van der Waals surface area contributed by atoms with Crippen LogP contribution in [0.5, 0.6) is 5.88 Å². The molecular weight excluding hydrogens is 144 g/mol. The molecule has 11 heavy (non-hydrogen) atoms. The molecule has 1 aromatic heterocycles. The first kappa shape index (κ1) is 9.68. The average Bonchev–Trinajstić information content (AvgIpc) is 2.08. The van der Waals surface area contributed by atoms with Crippen LogP contribution in [0.4, 0.5) is 0 Å². The highest BCUT2D eigenvalue weighted by Crippen LogP contribution is 1.93. The molecule has 0 amide bonds. The smallest absolute Gasteiger partial charge is 0.269 e. The van der Waals surface area contributed by atoms with E-state index in [0.717, 1.165) is 0 Å². The van der Waals surface area contributed by atoms with Crippen molar-refractivity contribution in [1.29, 1.82) is 0 Å². The molecule has 0 atom stereocenters. The van der Waals surface area contributed by atoms with E-state index < -0.39 is 0 Å². The molecule has 0 aromatic carbocycles. The first-order valence-corrected chi connectivity index (χ1v) is 3.41. The molecule has 0 fully saturated rings. The summed E-state index contributed by atoms with van der Waals surface area (Å²) >= 11 is 0. The summed E-state index contributed by atoms with van der Waals surface area (Å²) < 4.78 is 4.68. The molecule has 0 saturated carbocycles. The first-order chi connectivity index (χ1) is 5.33. The standard InChI is InChI=1S/C5H6N2O2.C2H6/c1-9-5-3-6-2-4(8)7-5;1-2/h2-3H,1H3,(H,7,8);1-2H3. The monoisotopic (exact) mass is 156 g/mol. The second-order valence-electron chi connectivity index (χ2n) is 1.46. The summed E-state index contributed by atoms with van der Waals surface area (Å²) in [5.74, 6) is 0.377. The third-order valence-corrected chi connectivity index (χ3v) is 0.850. The predicted octanol–water partition coefficient (Wildman–Crippen LogP) is 0.805. The van der Waals surface area contributed by atoms with Gasteiger partial charge in [0, 0.05) is 0 Å². The lowest BCUT2D eigenvalue weighted by Crippen LogP contribution is -2.05. The topological polar surface area (TPSA) is 55.0 Å². The van der Waals surface area contributed by atoms with Crippen molar-refractivity contribution in [3.63, 3.8) is 0 Å². The number of aromatic amines is 1. The third kappa shape index (κ3) is 3.40. The molecule has 0 aliphatic carbocycles. The number of ether oxygens (including phenoxy) is 1. The van der Waals surface area contributed by atoms with Gasteiger partial charge in [0.25, 0.3) is 5.56 Å². The molecule has 62 valence electrons. The minimum atomic E-state index is -0.255. The van der Waals surface area contributed by atoms with Crippen molar-refractivity contribution in [1.82, 2.24) is 9.97 Å². The number of nitrogens with one attached hydrogen (secondary N) is 1. The summed E-state index contributed by atoms with van der Waals surface area (Å²) in [7, 11) is 1.47. The molecular formula is C7H12N2O2. The van der Waals surface area contributed by atoms with Crippen LogP contribution in [0, 0.1) is 0 Å². The Bertz CT molecular complexity index is 244. The van der Waals surface area contributed by atoms with Crippen LogP contribution in [0.25, 0.3) is 0 Å². The normalized spacial score (nSPS) is 7.91. The second kappa shape index (κ2) is 5.46. The van der Waals surface area contributed by atoms with Crippen LogP contribution in [0.15, 0.2) is 17.2 Å². The molecule has 1 aromatic rings. The molecule has 0 saturated heterocycles. The van der Waals surface area contributed by atoms with Gasteiger partial charge in [0.15, 0.2) is 0 Å². The Balaban J connectivity index is 0.000000461. The number of rotatable bonds is 1. The van der Waals surface area contributed by atoms with Crippen LogP contribution in [-0.2, 0) is 0 Å². The molecule has 1 N–H and O–H groups in total. The van der Waals surface area contributed by atoms with Crippen molar-refractivity contribution in [2.75, 3.05) is 7.11 Å². The van der Waals surface area contributed by atoms with E-state index >= 15 is 0 Å². The number of nitrogens with zero attached hydrogens (tertiary/aromatic N) is 1. The Labute approximate surface area is 65.2 Å². The lowest BCUT2D eigenvalue weighted by molar-refractivity contribution is 0.394. The van der Waals surface area contributed by atoms with Crippen molar-refractivity contribution in [3.05, 3.63) is 22.7 Å². The van der Waals surface area contributed by atoms with Gasteiger partial charge in [-0.25, -0.2) is 0 Å². The van der Waals surface area contributed by atoms with Crippen molar-refractivity contribution in [2.45, 2.75) is 13.8 Å². The van der Waals surface area contributed by atoms with E-state index in [1.165, 1.54) is 19.5 Å². The fourth-order valence-electron chi connectivity index (χ4n) is 0.462. The van der Waals surface area contributed by atoms with Crippen LogP contribution in [0.1, 0.15) is 13.8 Å². The van der Waals surface area contributed by atoms with Gasteiger partial charge in [-0.1, -0.05) is 13.8 Å². The Hall–Kier alpha value is -1.32. The molecule has 1 rings (SSSR count). The maximum Gasteiger partial charge on any atom is 0.269 e. The Kier molecular flexibility index (Phi) is 4.81. The summed E-state index contributed by atoms with van der Waals surface area (Å²) in [5.41, 5.74) is -0.255. The Morgan fingerprint density at radius 1 is 1.45 bits per heavy atom. The van der Waals surface area contributed by atoms with Crippen molar-refractivity contribution in [3.8, 4) is 5.88 Å². The minimum Gasteiger partial charge on any atom is -0.481 e. The quantitative estimate of drug-likeness (QED) is 0.654. The van der Waals surface area contributed by atoms with Gasteiger partial charge in [-0.15, -0.1) is 0 Å². The highest BCUT2D eigenvalue weighted by atomic mass is 16.5. The van der Waals surface area contributed by atoms with Gasteiger partial charge < -0.3 is 4.74 Å². The number of H-pyrrole nitrogens is 1. The van der Waals surface area contributed by atoms with Gasteiger partial charge in [-0.05, 0) is 0 Å². The van der Waals surface area contributed by atoms with E-state index in [1.54, 1.807) is 0 Å². The zero-order chi connectivity index (χ0) is 8.69. The summed E-state index contributed by atoms with van der Waals surface area (Å²) in [6.45, 7) is 4.00. The molecule has 0 aliphatic heterocycles. The van der Waals surface area contributed by atoms with E-state index in [-0.39, 0.29) is 5.56 Å². The second-order valence-corrected chi connectivity index (χ2v) is 1.46. The highest BCUT2D eigenvalue weighted by Gasteiger charge is 1.87. The van der Waals surface area contributed by atoms with E-state index in [1.807, 2.05) is 13.8 Å². The Morgan fingerprint density at radius 3 is 2.45 bits per heavy atom. The lowest BCUT2D eigenvalue weighted by atomic mass is 10.7. The van der Waals surface area contributed by atoms with Gasteiger partial charge in [0.1, 0.15) is 0 Å². The maximum absolute atomic E-state index is 10.5. The van der Waals surface area contributed by atoms with E-state index in [0.29, 0.717) is 5.88 Å². The molecule has 0 bridgehead atoms. The number of hydrogen-bond donors (Lipinski definition) is 1. The van der Waals surface area contributed by atoms with Crippen LogP contribution in [0.2, 0.25) is 0 Å². The molecule has 0 unspecified atom stereocenters. The van der Waals surface area contributed by atoms with Crippen LogP contribution in [0.3, 0.4) is 0 Å². The van der Waals surface area contributed by atoms with Gasteiger partial charge in [0.05, 0.1) is 19.5 Å². The lowest BCUT2D eigenvalue weighted by Gasteiger charge is -1.93. The fraction of sp³-hybridized carbons (Fsp3) is 0.429. The zero-order valence-electron chi connectivity index (χ0n) is 6.92. The van der Waals surface area contributed by atoms with Crippen LogP contribution < -0.4 is 10.3 Å². The van der Waals surface area contributed by atoms with Crippen LogP contribution in [-0.4, -0.2) is 17.1 Å². The van der Waals surface area contributed by atoms with E-state index in [9.17, 15) is 4.79 Å². The largest absolute Gasteiger partial charge is 0.481 e. The average molecular weight is 156 g/mol. The van der Waals surface area contributed by atoms with Crippen molar-refractivity contribution < 1.29 is 4.74 Å². The molecule has 0 aliphatic rings. The van der Waals surface area contributed by atoms with E-state index in [4.69, 9.17) is 0 Å². The zero-order valence-corrected chi connectivity index (χ0v) is 6.92. The predicted molar refractivity (Wildman–Crippen MR) is 42.8 cm³/mol. The van der Waals surface area contributed by atoms with Gasteiger partial charge in [-0.2, -0.15) is 0 Å². The summed E-state index contributed by atoms with van der Waals surface area (Å²) in [5, 5.41) is 0. The maximum atomic E-state index is 10.5. The third-order valence-electron chi connectivity index (χ3n) is 0.850. The molecule has 1 heterocycles. The summed E-state index contributed by atoms with van der Waals surface area (Å²) in [6, 6.07) is 0. The van der Waals surface area contributed by atoms with Gasteiger partial charge in [-0.3, -0.25) is 14.8 Å². The highest BCUT2D eigenvalue weighted by molar-refractivity contribution is 5.00. The van der Waals surface area contributed by atoms with Crippen molar-refractivity contribution >= 4 is 0 Å².